The maximum Gasteiger partial charge on any atom is 0.249 e. The lowest BCUT2D eigenvalue weighted by atomic mass is 10.0. The van der Waals surface area contributed by atoms with E-state index in [0.717, 1.165) is 0 Å². The summed E-state index contributed by atoms with van der Waals surface area (Å²) >= 11 is 0. The second kappa shape index (κ2) is 6.56. The molecular formula is C16H16N2O3. The van der Waals surface area contributed by atoms with Gasteiger partial charge in [-0.25, -0.2) is 0 Å². The Bertz CT molecular complexity index is 715. The second-order valence-corrected chi connectivity index (χ2v) is 4.31. The summed E-state index contributed by atoms with van der Waals surface area (Å²) in [4.78, 5) is 26.5. The Balaban J connectivity index is 2.39. The van der Waals surface area contributed by atoms with E-state index in [4.69, 9.17) is 4.74 Å². The lowest BCUT2D eigenvalue weighted by Crippen LogP contribution is -2.13. The van der Waals surface area contributed by atoms with Gasteiger partial charge in [0.2, 0.25) is 5.56 Å². The fraction of sp³-hybridized carbons (Fsp3) is 0.125. The summed E-state index contributed by atoms with van der Waals surface area (Å²) in [6, 6.07) is 9.65. The molecule has 0 spiro atoms. The molecular weight excluding hydrogens is 268 g/mol. The van der Waals surface area contributed by atoms with E-state index >= 15 is 0 Å². The molecule has 0 aliphatic carbocycles. The number of ketones is 1. The SMILES string of the molecule is C/C=C/Nc1[nH]c(=O)ccc1C(=O)c1ccc(OC)cc1. The number of hydrogen-bond donors (Lipinski definition) is 2. The predicted molar refractivity (Wildman–Crippen MR) is 81.9 cm³/mol. The molecule has 0 unspecified atom stereocenters. The van der Waals surface area contributed by atoms with Crippen LogP contribution in [0.15, 0.2) is 53.5 Å². The van der Waals surface area contributed by atoms with Crippen LogP contribution in [-0.2, 0) is 0 Å². The molecule has 0 saturated heterocycles. The number of carbonyl (C=O) groups is 1. The summed E-state index contributed by atoms with van der Waals surface area (Å²) in [7, 11) is 1.57. The normalized spacial score (nSPS) is 10.6. The Labute approximate surface area is 122 Å². The zero-order valence-corrected chi connectivity index (χ0v) is 11.8. The molecule has 0 aliphatic heterocycles. The molecule has 0 atom stereocenters. The first-order valence-corrected chi connectivity index (χ1v) is 6.45. The smallest absolute Gasteiger partial charge is 0.249 e. The number of hydrogen-bond acceptors (Lipinski definition) is 4. The van der Waals surface area contributed by atoms with Crippen LogP contribution in [0, 0.1) is 0 Å². The maximum absolute atomic E-state index is 12.5. The van der Waals surface area contributed by atoms with Gasteiger partial charge in [0.05, 0.1) is 12.7 Å². The zero-order valence-electron chi connectivity index (χ0n) is 11.8. The largest absolute Gasteiger partial charge is 0.497 e. The average molecular weight is 284 g/mol. The summed E-state index contributed by atoms with van der Waals surface area (Å²) in [5, 5.41) is 2.90. The lowest BCUT2D eigenvalue weighted by Gasteiger charge is -2.08. The summed E-state index contributed by atoms with van der Waals surface area (Å²) < 4.78 is 5.07. The van der Waals surface area contributed by atoms with Crippen LogP contribution in [0.1, 0.15) is 22.8 Å². The van der Waals surface area contributed by atoms with Crippen molar-refractivity contribution in [3.8, 4) is 5.75 Å². The number of aromatic amines is 1. The van der Waals surface area contributed by atoms with Crippen molar-refractivity contribution in [2.45, 2.75) is 6.92 Å². The zero-order chi connectivity index (χ0) is 15.2. The topological polar surface area (TPSA) is 71.2 Å². The van der Waals surface area contributed by atoms with Crippen LogP contribution >= 0.6 is 0 Å². The van der Waals surface area contributed by atoms with E-state index in [0.29, 0.717) is 22.7 Å². The van der Waals surface area contributed by atoms with Crippen molar-refractivity contribution >= 4 is 11.6 Å². The molecule has 21 heavy (non-hydrogen) atoms. The highest BCUT2D eigenvalue weighted by Gasteiger charge is 2.14. The molecule has 1 aromatic carbocycles. The molecule has 108 valence electrons. The maximum atomic E-state index is 12.5. The molecule has 1 aromatic heterocycles. The minimum atomic E-state index is -0.270. The Hall–Kier alpha value is -2.82. The second-order valence-electron chi connectivity index (χ2n) is 4.31. The van der Waals surface area contributed by atoms with Gasteiger partial charge >= 0.3 is 0 Å². The summed E-state index contributed by atoms with van der Waals surface area (Å²) in [6.07, 6.45) is 3.42. The fourth-order valence-electron chi connectivity index (χ4n) is 1.84. The molecule has 2 N–H and O–H groups in total. The molecule has 1 heterocycles. The van der Waals surface area contributed by atoms with Gasteiger partial charge in [0.15, 0.2) is 5.78 Å². The molecule has 0 aliphatic rings. The van der Waals surface area contributed by atoms with Gasteiger partial charge in [-0.15, -0.1) is 0 Å². The highest BCUT2D eigenvalue weighted by molar-refractivity contribution is 6.11. The molecule has 5 nitrogen and oxygen atoms in total. The Kier molecular flexibility index (Phi) is 4.56. The number of ether oxygens (including phenoxy) is 1. The third-order valence-corrected chi connectivity index (χ3v) is 2.91. The van der Waals surface area contributed by atoms with Gasteiger partial charge in [0.1, 0.15) is 11.6 Å². The minimum Gasteiger partial charge on any atom is -0.497 e. The number of rotatable bonds is 5. The van der Waals surface area contributed by atoms with Crippen molar-refractivity contribution in [3.05, 3.63) is 70.2 Å². The molecule has 2 aromatic rings. The summed E-state index contributed by atoms with van der Waals surface area (Å²) in [6.45, 7) is 1.83. The predicted octanol–water partition coefficient (Wildman–Crippen LogP) is 2.56. The minimum absolute atomic E-state index is 0.180. The Morgan fingerprint density at radius 1 is 1.19 bits per heavy atom. The summed E-state index contributed by atoms with van der Waals surface area (Å²) in [5.74, 6) is 0.877. The first-order chi connectivity index (χ1) is 10.2. The van der Waals surface area contributed by atoms with Crippen molar-refractivity contribution in [1.82, 2.24) is 4.98 Å². The number of carbonyl (C=O) groups excluding carboxylic acids is 1. The van der Waals surface area contributed by atoms with E-state index in [1.165, 1.54) is 12.1 Å². The highest BCUT2D eigenvalue weighted by atomic mass is 16.5. The Morgan fingerprint density at radius 3 is 2.52 bits per heavy atom. The van der Waals surface area contributed by atoms with Crippen LogP contribution in [0.5, 0.6) is 5.75 Å². The number of H-pyrrole nitrogens is 1. The van der Waals surface area contributed by atoms with Crippen molar-refractivity contribution < 1.29 is 9.53 Å². The summed E-state index contributed by atoms with van der Waals surface area (Å²) in [5.41, 5.74) is 0.650. The number of benzene rings is 1. The van der Waals surface area contributed by atoms with E-state index in [1.807, 2.05) is 6.92 Å². The van der Waals surface area contributed by atoms with Gasteiger partial charge in [-0.1, -0.05) is 6.08 Å². The molecule has 2 rings (SSSR count). The van der Waals surface area contributed by atoms with E-state index in [9.17, 15) is 9.59 Å². The first-order valence-electron chi connectivity index (χ1n) is 6.45. The quantitative estimate of drug-likeness (QED) is 0.828. The van der Waals surface area contributed by atoms with Gasteiger partial charge in [0, 0.05) is 11.6 Å². The van der Waals surface area contributed by atoms with Crippen LogP contribution in [0.25, 0.3) is 0 Å². The molecule has 0 radical (unpaired) electrons. The Morgan fingerprint density at radius 2 is 1.90 bits per heavy atom. The van der Waals surface area contributed by atoms with E-state index in [-0.39, 0.29) is 11.3 Å². The monoisotopic (exact) mass is 284 g/mol. The third-order valence-electron chi connectivity index (χ3n) is 2.91. The van der Waals surface area contributed by atoms with E-state index in [1.54, 1.807) is 43.7 Å². The standard InChI is InChI=1S/C16H16N2O3/c1-3-10-17-16-13(8-9-14(19)18-16)15(20)11-4-6-12(21-2)7-5-11/h3-10H,1-2H3,(H2,17,18,19)/b10-3+. The number of methoxy groups -OCH3 is 1. The van der Waals surface area contributed by atoms with Crippen LogP contribution in [0.2, 0.25) is 0 Å². The number of anilines is 1. The molecule has 0 amide bonds. The number of aromatic nitrogens is 1. The third kappa shape index (κ3) is 3.39. The van der Waals surface area contributed by atoms with Gasteiger partial charge in [-0.2, -0.15) is 0 Å². The van der Waals surface area contributed by atoms with Crippen LogP contribution in [0.4, 0.5) is 5.82 Å². The van der Waals surface area contributed by atoms with Crippen LogP contribution in [-0.4, -0.2) is 17.9 Å². The first kappa shape index (κ1) is 14.6. The van der Waals surface area contributed by atoms with Crippen molar-refractivity contribution in [1.29, 1.82) is 0 Å². The molecule has 0 saturated carbocycles. The van der Waals surface area contributed by atoms with Gasteiger partial charge in [0.25, 0.3) is 0 Å². The molecule has 0 bridgehead atoms. The number of pyridine rings is 1. The van der Waals surface area contributed by atoms with E-state index < -0.39 is 0 Å². The number of nitrogens with one attached hydrogen (secondary N) is 2. The molecule has 5 heteroatoms. The van der Waals surface area contributed by atoms with Gasteiger partial charge in [-0.3, -0.25) is 9.59 Å². The fourth-order valence-corrected chi connectivity index (χ4v) is 1.84. The number of allylic oxidation sites excluding steroid dienone is 1. The van der Waals surface area contributed by atoms with Crippen LogP contribution < -0.4 is 15.6 Å². The van der Waals surface area contributed by atoms with Gasteiger partial charge in [-0.05, 0) is 43.5 Å². The highest BCUT2D eigenvalue weighted by Crippen LogP contribution is 2.18. The van der Waals surface area contributed by atoms with Crippen LogP contribution in [0.3, 0.4) is 0 Å². The van der Waals surface area contributed by atoms with Crippen molar-refractivity contribution in [3.63, 3.8) is 0 Å². The molecule has 0 fully saturated rings. The van der Waals surface area contributed by atoms with Crippen molar-refractivity contribution in [2.24, 2.45) is 0 Å². The average Bonchev–Trinajstić information content (AvgIpc) is 2.52. The van der Waals surface area contributed by atoms with Crippen molar-refractivity contribution in [2.75, 3.05) is 12.4 Å². The van der Waals surface area contributed by atoms with E-state index in [2.05, 4.69) is 10.3 Å². The van der Waals surface area contributed by atoms with Gasteiger partial charge < -0.3 is 15.0 Å². The lowest BCUT2D eigenvalue weighted by molar-refractivity contribution is 0.103.